The Morgan fingerprint density at radius 2 is 1.90 bits per heavy atom. The third-order valence-electron chi connectivity index (χ3n) is 4.53. The number of ketones is 1. The largest absolute Gasteiger partial charge is 0.454 e. The molecule has 0 fully saturated rings. The summed E-state index contributed by atoms with van der Waals surface area (Å²) < 4.78 is 34.0. The minimum Gasteiger partial charge on any atom is -0.454 e. The van der Waals surface area contributed by atoms with Crippen LogP contribution in [-0.4, -0.2) is 20.5 Å². The summed E-state index contributed by atoms with van der Waals surface area (Å²) in [5.74, 6) is -1.94. The maximum Gasteiger partial charge on any atom is 0.277 e. The number of carbonyl (C=O) groups is 1. The van der Waals surface area contributed by atoms with Crippen LogP contribution in [0.2, 0.25) is 0 Å². The van der Waals surface area contributed by atoms with Crippen LogP contribution in [0.15, 0.2) is 53.5 Å². The Morgan fingerprint density at radius 3 is 2.59 bits per heavy atom. The second-order valence-electron chi connectivity index (χ2n) is 6.52. The third kappa shape index (κ3) is 3.29. The van der Waals surface area contributed by atoms with Crippen LogP contribution in [0.5, 0.6) is 11.5 Å². The molecule has 1 N–H and O–H groups in total. The second-order valence-corrected chi connectivity index (χ2v) is 6.52. The van der Waals surface area contributed by atoms with E-state index >= 15 is 0 Å². The number of aromatic nitrogens is 3. The third-order valence-corrected chi connectivity index (χ3v) is 4.53. The first-order chi connectivity index (χ1) is 13.8. The minimum absolute atomic E-state index is 0.0442. The quantitative estimate of drug-likeness (QED) is 0.532. The van der Waals surface area contributed by atoms with Crippen LogP contribution in [0.25, 0.3) is 10.9 Å². The van der Waals surface area contributed by atoms with Crippen LogP contribution in [0.3, 0.4) is 0 Å². The molecule has 0 aliphatic carbocycles. The summed E-state index contributed by atoms with van der Waals surface area (Å²) >= 11 is 0. The Balaban J connectivity index is 1.80. The molecule has 2 heterocycles. The number of aromatic amines is 1. The summed E-state index contributed by atoms with van der Waals surface area (Å²) in [6.07, 6.45) is 1.48. The van der Waals surface area contributed by atoms with Gasteiger partial charge in [-0.25, -0.2) is 8.78 Å². The van der Waals surface area contributed by atoms with Crippen molar-refractivity contribution in [2.24, 2.45) is 7.05 Å². The van der Waals surface area contributed by atoms with Gasteiger partial charge in [-0.15, -0.1) is 0 Å². The van der Waals surface area contributed by atoms with Crippen molar-refractivity contribution in [3.05, 3.63) is 87.5 Å². The molecule has 0 aliphatic heterocycles. The van der Waals surface area contributed by atoms with Crippen molar-refractivity contribution >= 4 is 16.7 Å². The van der Waals surface area contributed by atoms with Crippen molar-refractivity contribution in [2.75, 3.05) is 0 Å². The van der Waals surface area contributed by atoms with Gasteiger partial charge in [-0.3, -0.25) is 24.4 Å². The molecule has 0 saturated heterocycles. The van der Waals surface area contributed by atoms with Crippen molar-refractivity contribution in [2.45, 2.75) is 6.92 Å². The maximum absolute atomic E-state index is 14.0. The van der Waals surface area contributed by atoms with Crippen LogP contribution in [0.1, 0.15) is 21.6 Å². The van der Waals surface area contributed by atoms with E-state index in [4.69, 9.17) is 4.74 Å². The Labute approximate surface area is 163 Å². The molecule has 0 radical (unpaired) electrons. The number of rotatable bonds is 4. The lowest BCUT2D eigenvalue weighted by Crippen LogP contribution is -2.19. The van der Waals surface area contributed by atoms with Crippen molar-refractivity contribution in [3.63, 3.8) is 0 Å². The molecule has 4 rings (SSSR count). The van der Waals surface area contributed by atoms with Crippen LogP contribution in [0, 0.1) is 18.6 Å². The predicted octanol–water partition coefficient (Wildman–Crippen LogP) is 3.87. The van der Waals surface area contributed by atoms with Crippen LogP contribution >= 0.6 is 0 Å². The normalized spacial score (nSPS) is 11.0. The van der Waals surface area contributed by atoms with Crippen LogP contribution in [0.4, 0.5) is 8.78 Å². The molecule has 0 atom stereocenters. The van der Waals surface area contributed by atoms with E-state index in [2.05, 4.69) is 10.1 Å². The van der Waals surface area contributed by atoms with Crippen molar-refractivity contribution in [1.82, 2.24) is 14.8 Å². The molecule has 29 heavy (non-hydrogen) atoms. The number of fused-ring (bicyclic) bond motifs is 1. The highest BCUT2D eigenvalue weighted by atomic mass is 19.1. The smallest absolute Gasteiger partial charge is 0.277 e. The van der Waals surface area contributed by atoms with Gasteiger partial charge in [0.15, 0.2) is 17.3 Å². The first kappa shape index (κ1) is 18.5. The molecule has 0 spiro atoms. The fourth-order valence-corrected chi connectivity index (χ4v) is 3.13. The van der Waals surface area contributed by atoms with E-state index in [0.717, 1.165) is 12.1 Å². The topological polar surface area (TPSA) is 77.0 Å². The number of carbonyl (C=O) groups excluding carboxylic acids is 1. The lowest BCUT2D eigenvalue weighted by molar-refractivity contribution is 0.103. The average molecular weight is 395 g/mol. The fraction of sp³-hybridized carbons (Fsp3) is 0.0952. The molecule has 2 aromatic carbocycles. The van der Waals surface area contributed by atoms with E-state index < -0.39 is 23.0 Å². The van der Waals surface area contributed by atoms with Gasteiger partial charge >= 0.3 is 0 Å². The molecule has 0 saturated carbocycles. The first-order valence-corrected chi connectivity index (χ1v) is 8.67. The monoisotopic (exact) mass is 395 g/mol. The van der Waals surface area contributed by atoms with Gasteiger partial charge in [-0.05, 0) is 43.3 Å². The molecule has 6 nitrogen and oxygen atoms in total. The Hall–Kier alpha value is -3.81. The van der Waals surface area contributed by atoms with E-state index in [0.29, 0.717) is 16.6 Å². The van der Waals surface area contributed by atoms with Crippen molar-refractivity contribution < 1.29 is 18.3 Å². The molecule has 8 heteroatoms. The van der Waals surface area contributed by atoms with Gasteiger partial charge in [-0.2, -0.15) is 0 Å². The maximum atomic E-state index is 14.0. The summed E-state index contributed by atoms with van der Waals surface area (Å²) in [7, 11) is 1.53. The zero-order chi connectivity index (χ0) is 20.7. The van der Waals surface area contributed by atoms with E-state index in [1.807, 2.05) is 0 Å². The number of halogens is 2. The molecule has 4 aromatic rings. The number of pyridine rings is 1. The summed E-state index contributed by atoms with van der Waals surface area (Å²) in [5, 5.41) is 3.24. The van der Waals surface area contributed by atoms with E-state index in [-0.39, 0.29) is 22.6 Å². The standard InChI is InChI=1S/C21H15F2N3O3/c1-11-19(21(28)26(2)25-11)20(27)12-3-5-16-14(9-12)17(7-8-24-16)29-18-6-4-13(22)10-15(18)23/h3-10,25H,1-2H3. The summed E-state index contributed by atoms with van der Waals surface area (Å²) in [6, 6.07) is 9.21. The molecular weight excluding hydrogens is 380 g/mol. The lowest BCUT2D eigenvalue weighted by atomic mass is 10.0. The number of benzene rings is 2. The number of H-pyrrole nitrogens is 1. The summed E-state index contributed by atoms with van der Waals surface area (Å²) in [6.45, 7) is 1.64. The highest BCUT2D eigenvalue weighted by Gasteiger charge is 2.20. The Kier molecular flexibility index (Phi) is 4.46. The Morgan fingerprint density at radius 1 is 1.10 bits per heavy atom. The highest BCUT2D eigenvalue weighted by molar-refractivity contribution is 6.11. The number of nitrogens with zero attached hydrogens (tertiary/aromatic N) is 2. The Bertz CT molecular complexity index is 1320. The van der Waals surface area contributed by atoms with E-state index in [1.54, 1.807) is 19.1 Å². The first-order valence-electron chi connectivity index (χ1n) is 8.67. The van der Waals surface area contributed by atoms with E-state index in [1.165, 1.54) is 36.1 Å². The molecule has 0 unspecified atom stereocenters. The van der Waals surface area contributed by atoms with Gasteiger partial charge in [0.05, 0.1) is 5.52 Å². The van der Waals surface area contributed by atoms with Crippen LogP contribution < -0.4 is 10.3 Å². The number of nitrogens with one attached hydrogen (secondary N) is 1. The molecule has 0 aliphatic rings. The summed E-state index contributed by atoms with van der Waals surface area (Å²) in [5.41, 5.74) is 0.847. The van der Waals surface area contributed by atoms with E-state index in [9.17, 15) is 18.4 Å². The second kappa shape index (κ2) is 6.97. The minimum atomic E-state index is -0.853. The fourth-order valence-electron chi connectivity index (χ4n) is 3.13. The molecule has 2 aromatic heterocycles. The lowest BCUT2D eigenvalue weighted by Gasteiger charge is -2.10. The number of hydrogen-bond donors (Lipinski definition) is 1. The molecule has 0 amide bonds. The van der Waals surface area contributed by atoms with Gasteiger partial charge in [0.1, 0.15) is 17.1 Å². The molecule has 0 bridgehead atoms. The number of hydrogen-bond acceptors (Lipinski definition) is 4. The van der Waals surface area contributed by atoms with Gasteiger partial charge in [-0.1, -0.05) is 0 Å². The van der Waals surface area contributed by atoms with Crippen molar-refractivity contribution in [3.8, 4) is 11.5 Å². The van der Waals surface area contributed by atoms with Gasteiger partial charge in [0.25, 0.3) is 5.56 Å². The van der Waals surface area contributed by atoms with Gasteiger partial charge in [0, 0.05) is 36.0 Å². The average Bonchev–Trinajstić information content (AvgIpc) is 2.95. The SMILES string of the molecule is Cc1[nH]n(C)c(=O)c1C(=O)c1ccc2nccc(Oc3ccc(F)cc3F)c2c1. The zero-order valence-electron chi connectivity index (χ0n) is 15.5. The van der Waals surface area contributed by atoms with Gasteiger partial charge in [0.2, 0.25) is 0 Å². The summed E-state index contributed by atoms with van der Waals surface area (Å²) in [4.78, 5) is 29.4. The highest BCUT2D eigenvalue weighted by Crippen LogP contribution is 2.31. The van der Waals surface area contributed by atoms with Crippen molar-refractivity contribution in [1.29, 1.82) is 0 Å². The predicted molar refractivity (Wildman–Crippen MR) is 102 cm³/mol. The zero-order valence-corrected chi connectivity index (χ0v) is 15.5. The molecule has 146 valence electrons. The molecular formula is C21H15F2N3O3. The van der Waals surface area contributed by atoms with Gasteiger partial charge < -0.3 is 4.74 Å². The number of ether oxygens (including phenoxy) is 1. The van der Waals surface area contributed by atoms with Crippen LogP contribution in [-0.2, 0) is 7.05 Å². The number of aryl methyl sites for hydroxylation is 2.